The Labute approximate surface area is 158 Å². The number of rotatable bonds is 9. The summed E-state index contributed by atoms with van der Waals surface area (Å²) in [5.74, 6) is -1.12. The van der Waals surface area contributed by atoms with Gasteiger partial charge >= 0.3 is 11.9 Å². The quantitative estimate of drug-likeness (QED) is 0.541. The first-order chi connectivity index (χ1) is 13.1. The van der Waals surface area contributed by atoms with E-state index < -0.39 is 5.97 Å². The minimum atomic E-state index is -0.442. The molecule has 0 bridgehead atoms. The minimum absolute atomic E-state index is 0.0252. The Morgan fingerprint density at radius 3 is 2.30 bits per heavy atom. The van der Waals surface area contributed by atoms with Crippen molar-refractivity contribution in [2.24, 2.45) is 0 Å². The molecule has 1 amide bonds. The fourth-order valence-electron chi connectivity index (χ4n) is 2.43. The number of nitrogens with one attached hydrogen (secondary N) is 1. The Hall–Kier alpha value is -3.15. The van der Waals surface area contributed by atoms with Crippen molar-refractivity contribution in [1.29, 1.82) is 0 Å². The number of benzene rings is 2. The Morgan fingerprint density at radius 2 is 1.63 bits per heavy atom. The molecule has 0 radical (unpaired) electrons. The highest BCUT2D eigenvalue weighted by atomic mass is 16.5. The van der Waals surface area contributed by atoms with Gasteiger partial charge in [0, 0.05) is 12.1 Å². The van der Waals surface area contributed by atoms with Crippen LogP contribution in [0.15, 0.2) is 54.6 Å². The summed E-state index contributed by atoms with van der Waals surface area (Å²) in [7, 11) is 1.30. The molecule has 0 aliphatic heterocycles. The van der Waals surface area contributed by atoms with Crippen LogP contribution >= 0.6 is 0 Å². The molecule has 0 unspecified atom stereocenters. The van der Waals surface area contributed by atoms with Gasteiger partial charge in [-0.25, -0.2) is 4.79 Å². The smallest absolute Gasteiger partial charge is 0.337 e. The molecule has 142 valence electrons. The van der Waals surface area contributed by atoms with Gasteiger partial charge in [0.05, 0.1) is 25.7 Å². The summed E-state index contributed by atoms with van der Waals surface area (Å²) in [4.78, 5) is 35.0. The van der Waals surface area contributed by atoms with Crippen LogP contribution < -0.4 is 5.32 Å². The van der Waals surface area contributed by atoms with E-state index in [1.165, 1.54) is 12.7 Å². The zero-order chi connectivity index (χ0) is 19.5. The largest absolute Gasteiger partial charge is 0.466 e. The van der Waals surface area contributed by atoms with Crippen molar-refractivity contribution in [3.8, 4) is 0 Å². The molecule has 0 aliphatic rings. The lowest BCUT2D eigenvalue weighted by Gasteiger charge is -2.07. The minimum Gasteiger partial charge on any atom is -0.466 e. The van der Waals surface area contributed by atoms with Crippen molar-refractivity contribution in [1.82, 2.24) is 0 Å². The number of carbonyl (C=O) groups is 3. The van der Waals surface area contributed by atoms with Gasteiger partial charge in [0.15, 0.2) is 0 Å². The van der Waals surface area contributed by atoms with E-state index in [9.17, 15) is 14.4 Å². The summed E-state index contributed by atoms with van der Waals surface area (Å²) in [5, 5.41) is 2.67. The lowest BCUT2D eigenvalue weighted by atomic mass is 10.1. The fourth-order valence-corrected chi connectivity index (χ4v) is 2.43. The standard InChI is InChI=1S/C21H23NO5/c1-26-21(25)17-9-11-18(12-10-17)22-19(23)13-14-20(24)27-15-5-8-16-6-3-2-4-7-16/h2-4,6-7,9-12H,5,8,13-15H2,1H3,(H,22,23). The van der Waals surface area contributed by atoms with Crippen molar-refractivity contribution in [3.05, 3.63) is 65.7 Å². The maximum absolute atomic E-state index is 11.9. The molecule has 6 nitrogen and oxygen atoms in total. The maximum atomic E-state index is 11.9. The Balaban J connectivity index is 1.63. The summed E-state index contributed by atoms with van der Waals surface area (Å²) < 4.78 is 9.76. The van der Waals surface area contributed by atoms with Crippen LogP contribution in [0.3, 0.4) is 0 Å². The highest BCUT2D eigenvalue weighted by Gasteiger charge is 2.09. The number of amides is 1. The first-order valence-electron chi connectivity index (χ1n) is 8.76. The molecule has 0 heterocycles. The first kappa shape index (κ1) is 20.2. The van der Waals surface area contributed by atoms with Crippen LogP contribution in [0.1, 0.15) is 35.2 Å². The van der Waals surface area contributed by atoms with Crippen LogP contribution in [-0.4, -0.2) is 31.6 Å². The van der Waals surface area contributed by atoms with E-state index in [1.807, 2.05) is 30.3 Å². The molecule has 0 spiro atoms. The molecule has 0 aliphatic carbocycles. The molecule has 27 heavy (non-hydrogen) atoms. The molecule has 2 aromatic carbocycles. The molecule has 0 fully saturated rings. The predicted octanol–water partition coefficient (Wildman–Crippen LogP) is 3.37. The molecular weight excluding hydrogens is 346 g/mol. The van der Waals surface area contributed by atoms with Gasteiger partial charge in [-0.05, 0) is 42.7 Å². The summed E-state index contributed by atoms with van der Waals surface area (Å²) in [6.45, 7) is 0.338. The average molecular weight is 369 g/mol. The van der Waals surface area contributed by atoms with Gasteiger partial charge in [-0.2, -0.15) is 0 Å². The number of hydrogen-bond acceptors (Lipinski definition) is 5. The second-order valence-electron chi connectivity index (χ2n) is 5.93. The Bertz CT molecular complexity index is 756. The zero-order valence-electron chi connectivity index (χ0n) is 15.3. The Kier molecular flexibility index (Phi) is 8.03. The Morgan fingerprint density at radius 1 is 0.926 bits per heavy atom. The summed E-state index contributed by atoms with van der Waals surface area (Å²) >= 11 is 0. The number of aryl methyl sites for hydroxylation is 1. The molecular formula is C21H23NO5. The maximum Gasteiger partial charge on any atom is 0.337 e. The van der Waals surface area contributed by atoms with Crippen molar-refractivity contribution >= 4 is 23.5 Å². The first-order valence-corrected chi connectivity index (χ1v) is 8.76. The third kappa shape index (κ3) is 7.32. The lowest BCUT2D eigenvalue weighted by molar-refractivity contribution is -0.144. The third-order valence-corrected chi connectivity index (χ3v) is 3.86. The third-order valence-electron chi connectivity index (χ3n) is 3.86. The number of ether oxygens (including phenoxy) is 2. The topological polar surface area (TPSA) is 81.7 Å². The zero-order valence-corrected chi connectivity index (χ0v) is 15.3. The van der Waals surface area contributed by atoms with Gasteiger partial charge in [-0.3, -0.25) is 9.59 Å². The van der Waals surface area contributed by atoms with Crippen molar-refractivity contribution < 1.29 is 23.9 Å². The normalized spacial score (nSPS) is 10.1. The number of hydrogen-bond donors (Lipinski definition) is 1. The number of carbonyl (C=O) groups excluding carboxylic acids is 3. The molecule has 6 heteroatoms. The van der Waals surface area contributed by atoms with Crippen LogP contribution in [0.4, 0.5) is 5.69 Å². The van der Waals surface area contributed by atoms with E-state index in [0.29, 0.717) is 17.9 Å². The van der Waals surface area contributed by atoms with Crippen LogP contribution in [-0.2, 0) is 25.5 Å². The molecule has 2 rings (SSSR count). The van der Waals surface area contributed by atoms with Crippen LogP contribution in [0, 0.1) is 0 Å². The summed E-state index contributed by atoms with van der Waals surface area (Å²) in [6, 6.07) is 16.3. The van der Waals surface area contributed by atoms with Crippen molar-refractivity contribution in [2.45, 2.75) is 25.7 Å². The van der Waals surface area contributed by atoms with Crippen LogP contribution in [0.2, 0.25) is 0 Å². The van der Waals surface area contributed by atoms with E-state index in [1.54, 1.807) is 24.3 Å². The van der Waals surface area contributed by atoms with Crippen molar-refractivity contribution in [3.63, 3.8) is 0 Å². The van der Waals surface area contributed by atoms with Crippen LogP contribution in [0.5, 0.6) is 0 Å². The molecule has 1 N–H and O–H groups in total. The number of methoxy groups -OCH3 is 1. The van der Waals surface area contributed by atoms with Gasteiger partial charge in [0.2, 0.25) is 5.91 Å². The predicted molar refractivity (Wildman–Crippen MR) is 101 cm³/mol. The fraction of sp³-hybridized carbons (Fsp3) is 0.286. The summed E-state index contributed by atoms with van der Waals surface area (Å²) in [6.07, 6.45) is 1.65. The highest BCUT2D eigenvalue weighted by Crippen LogP contribution is 2.11. The van der Waals surface area contributed by atoms with Gasteiger partial charge in [-0.15, -0.1) is 0 Å². The van der Waals surface area contributed by atoms with Gasteiger partial charge < -0.3 is 14.8 Å². The monoisotopic (exact) mass is 369 g/mol. The summed E-state index contributed by atoms with van der Waals surface area (Å²) in [5.41, 5.74) is 2.14. The molecule has 0 saturated carbocycles. The van der Waals surface area contributed by atoms with Crippen molar-refractivity contribution in [2.75, 3.05) is 19.0 Å². The molecule has 2 aromatic rings. The molecule has 0 atom stereocenters. The van der Waals surface area contributed by atoms with E-state index in [0.717, 1.165) is 12.8 Å². The van der Waals surface area contributed by atoms with E-state index in [2.05, 4.69) is 10.1 Å². The number of esters is 2. The van der Waals surface area contributed by atoms with E-state index >= 15 is 0 Å². The molecule has 0 saturated heterocycles. The second-order valence-corrected chi connectivity index (χ2v) is 5.93. The van der Waals surface area contributed by atoms with E-state index in [-0.39, 0.29) is 24.7 Å². The highest BCUT2D eigenvalue weighted by molar-refractivity contribution is 5.94. The second kappa shape index (κ2) is 10.8. The average Bonchev–Trinajstić information content (AvgIpc) is 2.70. The molecule has 0 aromatic heterocycles. The van der Waals surface area contributed by atoms with E-state index in [4.69, 9.17) is 4.74 Å². The lowest BCUT2D eigenvalue weighted by Crippen LogP contribution is -2.15. The van der Waals surface area contributed by atoms with Gasteiger partial charge in [0.1, 0.15) is 0 Å². The SMILES string of the molecule is COC(=O)c1ccc(NC(=O)CCC(=O)OCCCc2ccccc2)cc1. The number of anilines is 1. The van der Waals surface area contributed by atoms with Gasteiger partial charge in [0.25, 0.3) is 0 Å². The van der Waals surface area contributed by atoms with Gasteiger partial charge in [-0.1, -0.05) is 30.3 Å². The van der Waals surface area contributed by atoms with Crippen LogP contribution in [0.25, 0.3) is 0 Å².